The van der Waals surface area contributed by atoms with Crippen molar-refractivity contribution in [2.75, 3.05) is 13.1 Å². The SMILES string of the molecule is CCCCN=C(N)NCCc1c[nH]c2ccc(Cl)cc12.I. The van der Waals surface area contributed by atoms with Crippen LogP contribution in [0.15, 0.2) is 29.4 Å². The molecule has 0 unspecified atom stereocenters. The van der Waals surface area contributed by atoms with Crippen molar-refractivity contribution in [3.8, 4) is 0 Å². The Kier molecular flexibility index (Phi) is 7.88. The summed E-state index contributed by atoms with van der Waals surface area (Å²) >= 11 is 6.03. The van der Waals surface area contributed by atoms with E-state index in [-0.39, 0.29) is 24.0 Å². The Bertz CT molecular complexity index is 594. The monoisotopic (exact) mass is 420 g/mol. The fourth-order valence-electron chi connectivity index (χ4n) is 2.10. The number of nitrogens with two attached hydrogens (primary N) is 1. The minimum Gasteiger partial charge on any atom is -0.370 e. The standard InChI is InChI=1S/C15H21ClN4.HI/c1-2-3-7-18-15(17)19-8-6-11-10-20-14-5-4-12(16)9-13(11)14;/h4-5,9-10,20H,2-3,6-8H2,1H3,(H3,17,18,19);1H. The molecule has 0 bridgehead atoms. The molecule has 6 heteroatoms. The molecule has 1 heterocycles. The van der Waals surface area contributed by atoms with Crippen LogP contribution < -0.4 is 11.1 Å². The molecule has 4 N–H and O–H groups in total. The Morgan fingerprint density at radius 3 is 3.00 bits per heavy atom. The lowest BCUT2D eigenvalue weighted by Crippen LogP contribution is -2.33. The van der Waals surface area contributed by atoms with E-state index in [1.54, 1.807) is 0 Å². The topological polar surface area (TPSA) is 66.2 Å². The van der Waals surface area contributed by atoms with Gasteiger partial charge in [0.25, 0.3) is 0 Å². The van der Waals surface area contributed by atoms with Crippen molar-refractivity contribution in [3.63, 3.8) is 0 Å². The second-order valence-corrected chi connectivity index (χ2v) is 5.24. The molecule has 0 aliphatic carbocycles. The van der Waals surface area contributed by atoms with Crippen molar-refractivity contribution in [2.45, 2.75) is 26.2 Å². The summed E-state index contributed by atoms with van der Waals surface area (Å²) in [6.45, 7) is 3.69. The minimum absolute atomic E-state index is 0. The third-order valence-electron chi connectivity index (χ3n) is 3.22. The van der Waals surface area contributed by atoms with E-state index in [0.717, 1.165) is 42.9 Å². The number of aromatic amines is 1. The first-order valence-corrected chi connectivity index (χ1v) is 7.38. The van der Waals surface area contributed by atoms with Gasteiger partial charge >= 0.3 is 0 Å². The van der Waals surface area contributed by atoms with Gasteiger partial charge < -0.3 is 16.0 Å². The molecule has 0 spiro atoms. The number of nitrogens with one attached hydrogen (secondary N) is 2. The summed E-state index contributed by atoms with van der Waals surface area (Å²) in [6.07, 6.45) is 5.10. The van der Waals surface area contributed by atoms with Gasteiger partial charge in [-0.15, -0.1) is 24.0 Å². The number of hydrogen-bond acceptors (Lipinski definition) is 1. The zero-order valence-electron chi connectivity index (χ0n) is 12.2. The average Bonchev–Trinajstić information content (AvgIpc) is 2.82. The van der Waals surface area contributed by atoms with Crippen LogP contribution >= 0.6 is 35.6 Å². The van der Waals surface area contributed by atoms with Crippen molar-refractivity contribution in [3.05, 3.63) is 35.0 Å². The Balaban J connectivity index is 0.00000220. The largest absolute Gasteiger partial charge is 0.370 e. The van der Waals surface area contributed by atoms with E-state index in [4.69, 9.17) is 17.3 Å². The van der Waals surface area contributed by atoms with Crippen LogP contribution in [-0.2, 0) is 6.42 Å². The fourth-order valence-corrected chi connectivity index (χ4v) is 2.27. The summed E-state index contributed by atoms with van der Waals surface area (Å²) in [7, 11) is 0. The van der Waals surface area contributed by atoms with E-state index in [9.17, 15) is 0 Å². The van der Waals surface area contributed by atoms with Crippen LogP contribution in [-0.4, -0.2) is 24.0 Å². The average molecular weight is 421 g/mol. The lowest BCUT2D eigenvalue weighted by molar-refractivity contribution is 0.791. The number of aliphatic imine (C=N–C) groups is 1. The molecule has 0 radical (unpaired) electrons. The Hall–Kier alpha value is -0.950. The fraction of sp³-hybridized carbons (Fsp3) is 0.400. The third kappa shape index (κ3) is 5.39. The molecule has 116 valence electrons. The summed E-state index contributed by atoms with van der Waals surface area (Å²) in [5.74, 6) is 0.524. The maximum atomic E-state index is 6.03. The Morgan fingerprint density at radius 1 is 1.43 bits per heavy atom. The predicted octanol–water partition coefficient (Wildman–Crippen LogP) is 3.69. The molecule has 2 aromatic rings. The molecule has 21 heavy (non-hydrogen) atoms. The number of rotatable bonds is 6. The maximum absolute atomic E-state index is 6.03. The summed E-state index contributed by atoms with van der Waals surface area (Å²) in [5, 5.41) is 5.06. The van der Waals surface area contributed by atoms with Crippen molar-refractivity contribution in [1.29, 1.82) is 0 Å². The van der Waals surface area contributed by atoms with E-state index in [2.05, 4.69) is 22.2 Å². The maximum Gasteiger partial charge on any atom is 0.188 e. The molecule has 2 rings (SSSR count). The molecule has 0 aliphatic rings. The second-order valence-electron chi connectivity index (χ2n) is 4.80. The van der Waals surface area contributed by atoms with Crippen LogP contribution in [0.5, 0.6) is 0 Å². The summed E-state index contributed by atoms with van der Waals surface area (Å²) < 4.78 is 0. The number of halogens is 2. The van der Waals surface area contributed by atoms with E-state index in [0.29, 0.717) is 5.96 Å². The number of nitrogens with zero attached hydrogens (tertiary/aromatic N) is 1. The molecule has 1 aromatic carbocycles. The number of H-pyrrole nitrogens is 1. The zero-order valence-corrected chi connectivity index (χ0v) is 15.2. The van der Waals surface area contributed by atoms with Gasteiger partial charge in [0.05, 0.1) is 0 Å². The van der Waals surface area contributed by atoms with Gasteiger partial charge in [0.15, 0.2) is 5.96 Å². The number of hydrogen-bond donors (Lipinski definition) is 3. The number of fused-ring (bicyclic) bond motifs is 1. The number of aromatic nitrogens is 1. The van der Waals surface area contributed by atoms with Gasteiger partial charge in [-0.2, -0.15) is 0 Å². The molecule has 4 nitrogen and oxygen atoms in total. The van der Waals surface area contributed by atoms with Crippen LogP contribution in [0.25, 0.3) is 10.9 Å². The smallest absolute Gasteiger partial charge is 0.188 e. The molecular formula is C15H22ClIN4. The van der Waals surface area contributed by atoms with Crippen molar-refractivity contribution in [1.82, 2.24) is 10.3 Å². The van der Waals surface area contributed by atoms with E-state index >= 15 is 0 Å². The van der Waals surface area contributed by atoms with Crippen LogP contribution in [0.3, 0.4) is 0 Å². The molecule has 0 atom stereocenters. The second kappa shape index (κ2) is 9.15. The highest BCUT2D eigenvalue weighted by Crippen LogP contribution is 2.22. The van der Waals surface area contributed by atoms with Crippen LogP contribution in [0.4, 0.5) is 0 Å². The first kappa shape index (κ1) is 18.1. The van der Waals surface area contributed by atoms with Gasteiger partial charge in [-0.25, -0.2) is 0 Å². The number of unbranched alkanes of at least 4 members (excludes halogenated alkanes) is 1. The zero-order chi connectivity index (χ0) is 14.4. The molecular weight excluding hydrogens is 399 g/mol. The number of guanidine groups is 1. The van der Waals surface area contributed by atoms with Gasteiger partial charge in [-0.05, 0) is 36.6 Å². The third-order valence-corrected chi connectivity index (χ3v) is 3.46. The molecule has 1 aromatic heterocycles. The van der Waals surface area contributed by atoms with Gasteiger partial charge in [0.1, 0.15) is 0 Å². The van der Waals surface area contributed by atoms with Crippen LogP contribution in [0, 0.1) is 0 Å². The lowest BCUT2D eigenvalue weighted by Gasteiger charge is -2.05. The normalized spacial score (nSPS) is 11.4. The molecule has 0 fully saturated rings. The van der Waals surface area contributed by atoms with Gasteiger partial charge in [-0.1, -0.05) is 24.9 Å². The lowest BCUT2D eigenvalue weighted by atomic mass is 10.1. The molecule has 0 saturated heterocycles. The highest BCUT2D eigenvalue weighted by Gasteiger charge is 2.04. The summed E-state index contributed by atoms with van der Waals surface area (Å²) in [4.78, 5) is 7.51. The Labute approximate surface area is 147 Å². The van der Waals surface area contributed by atoms with Gasteiger partial charge in [0.2, 0.25) is 0 Å². The van der Waals surface area contributed by atoms with E-state index in [1.165, 1.54) is 10.9 Å². The highest BCUT2D eigenvalue weighted by molar-refractivity contribution is 14.0. The summed E-state index contributed by atoms with van der Waals surface area (Å²) in [5.41, 5.74) is 8.14. The molecule has 0 amide bonds. The van der Waals surface area contributed by atoms with E-state index < -0.39 is 0 Å². The van der Waals surface area contributed by atoms with Crippen molar-refractivity contribution in [2.24, 2.45) is 10.7 Å². The quantitative estimate of drug-likeness (QED) is 0.289. The first-order chi connectivity index (χ1) is 9.70. The predicted molar refractivity (Wildman–Crippen MR) is 102 cm³/mol. The Morgan fingerprint density at radius 2 is 2.24 bits per heavy atom. The first-order valence-electron chi connectivity index (χ1n) is 7.00. The van der Waals surface area contributed by atoms with Crippen LogP contribution in [0.1, 0.15) is 25.3 Å². The minimum atomic E-state index is 0. The number of benzene rings is 1. The van der Waals surface area contributed by atoms with Crippen LogP contribution in [0.2, 0.25) is 5.02 Å². The van der Waals surface area contributed by atoms with Crippen molar-refractivity contribution >= 4 is 52.4 Å². The summed E-state index contributed by atoms with van der Waals surface area (Å²) in [6, 6.07) is 5.87. The molecule has 0 saturated carbocycles. The molecule has 0 aliphatic heterocycles. The van der Waals surface area contributed by atoms with E-state index in [1.807, 2.05) is 24.4 Å². The van der Waals surface area contributed by atoms with Gasteiger partial charge in [-0.3, -0.25) is 4.99 Å². The van der Waals surface area contributed by atoms with Crippen molar-refractivity contribution < 1.29 is 0 Å². The van der Waals surface area contributed by atoms with Gasteiger partial charge in [0, 0.05) is 35.2 Å². The highest BCUT2D eigenvalue weighted by atomic mass is 127.